The highest BCUT2D eigenvalue weighted by atomic mass is 16.5. The van der Waals surface area contributed by atoms with Gasteiger partial charge >= 0.3 is 5.97 Å². The Morgan fingerprint density at radius 3 is 2.73 bits per heavy atom. The number of nitrogens with two attached hydrogens (primary N) is 1. The molecule has 0 atom stereocenters. The largest absolute Gasteiger partial charge is 0.465 e. The summed E-state index contributed by atoms with van der Waals surface area (Å²) < 4.78 is 4.68. The van der Waals surface area contributed by atoms with Crippen LogP contribution in [0.25, 0.3) is 0 Å². The van der Waals surface area contributed by atoms with E-state index in [0.29, 0.717) is 18.8 Å². The van der Waals surface area contributed by atoms with Crippen LogP contribution in [0.2, 0.25) is 0 Å². The molecule has 0 aliphatic rings. The van der Waals surface area contributed by atoms with E-state index < -0.39 is 0 Å². The average molecular weight is 214 g/mol. The van der Waals surface area contributed by atoms with Gasteiger partial charge in [0.1, 0.15) is 12.4 Å². The zero-order valence-electron chi connectivity index (χ0n) is 9.09. The Hall–Kier alpha value is -1.56. The Labute approximate surface area is 89.4 Å². The van der Waals surface area contributed by atoms with E-state index in [4.69, 9.17) is 11.1 Å². The minimum absolute atomic E-state index is 0.0179. The lowest BCUT2D eigenvalue weighted by Crippen LogP contribution is -2.30. The fourth-order valence-electron chi connectivity index (χ4n) is 0.871. The summed E-state index contributed by atoms with van der Waals surface area (Å²) in [5, 5.41) is 12.8. The topological polar surface area (TPSA) is 100 Å². The summed E-state index contributed by atoms with van der Waals surface area (Å²) >= 11 is 0. The van der Waals surface area contributed by atoms with E-state index in [1.165, 1.54) is 6.08 Å². The maximum Gasteiger partial charge on any atom is 0.325 e. The highest BCUT2D eigenvalue weighted by Gasteiger charge is 2.01. The summed E-state index contributed by atoms with van der Waals surface area (Å²) in [4.78, 5) is 10.9. The molecule has 15 heavy (non-hydrogen) atoms. The van der Waals surface area contributed by atoms with E-state index in [2.05, 4.69) is 15.4 Å². The molecule has 0 fully saturated rings. The normalized spacial score (nSPS) is 10.9. The van der Waals surface area contributed by atoms with Crippen molar-refractivity contribution in [3.63, 3.8) is 0 Å². The fourth-order valence-corrected chi connectivity index (χ4v) is 0.871. The van der Waals surface area contributed by atoms with E-state index in [0.717, 1.165) is 0 Å². The second-order valence-electron chi connectivity index (χ2n) is 2.82. The molecule has 0 aromatic heterocycles. The van der Waals surface area contributed by atoms with Gasteiger partial charge in [0.05, 0.1) is 6.61 Å². The molecule has 6 nitrogen and oxygen atoms in total. The molecule has 0 bridgehead atoms. The third-order valence-corrected chi connectivity index (χ3v) is 1.44. The maximum atomic E-state index is 10.9. The van der Waals surface area contributed by atoms with Gasteiger partial charge in [-0.05, 0) is 20.0 Å². The van der Waals surface area contributed by atoms with Crippen molar-refractivity contribution in [2.45, 2.75) is 6.92 Å². The molecule has 0 aliphatic heterocycles. The van der Waals surface area contributed by atoms with Gasteiger partial charge in [-0.15, -0.1) is 0 Å². The predicted molar refractivity (Wildman–Crippen MR) is 58.6 cm³/mol. The standard InChI is InChI=1S/C9H18N4O2/c1-3-15-9(14)6-13-8(11)4-7(10)5-12-2/h4,12H,3,5-6,10H2,1-2H3,(H2,11,13)/b7-4-. The van der Waals surface area contributed by atoms with Gasteiger partial charge in [-0.1, -0.05) is 0 Å². The van der Waals surface area contributed by atoms with Crippen molar-refractivity contribution in [2.24, 2.45) is 5.73 Å². The third-order valence-electron chi connectivity index (χ3n) is 1.44. The van der Waals surface area contributed by atoms with Crippen LogP contribution < -0.4 is 16.4 Å². The Morgan fingerprint density at radius 2 is 2.20 bits per heavy atom. The number of nitrogens with one attached hydrogen (secondary N) is 3. The lowest BCUT2D eigenvalue weighted by molar-refractivity contribution is -0.141. The number of hydrogen-bond acceptors (Lipinski definition) is 5. The van der Waals surface area contributed by atoms with Crippen LogP contribution in [-0.4, -0.2) is 38.5 Å². The SMILES string of the molecule is CCOC(=O)CNC(=N)/C=C(\N)CNC. The summed E-state index contributed by atoms with van der Waals surface area (Å²) in [5.74, 6) is -0.293. The number of amidine groups is 1. The van der Waals surface area contributed by atoms with E-state index in [1.807, 2.05) is 0 Å². The Bertz CT molecular complexity index is 250. The number of carbonyl (C=O) groups is 1. The van der Waals surface area contributed by atoms with Gasteiger partial charge in [-0.2, -0.15) is 0 Å². The first-order valence-corrected chi connectivity index (χ1v) is 4.68. The van der Waals surface area contributed by atoms with E-state index >= 15 is 0 Å². The van der Waals surface area contributed by atoms with Gasteiger partial charge in [0.25, 0.3) is 0 Å². The van der Waals surface area contributed by atoms with E-state index in [1.54, 1.807) is 14.0 Å². The number of rotatable bonds is 6. The highest BCUT2D eigenvalue weighted by Crippen LogP contribution is 1.82. The van der Waals surface area contributed by atoms with Crippen LogP contribution in [0.15, 0.2) is 11.8 Å². The number of ether oxygens (including phenoxy) is 1. The number of likely N-dealkylation sites (N-methyl/N-ethyl adjacent to an activating group) is 1. The maximum absolute atomic E-state index is 10.9. The molecule has 86 valence electrons. The van der Waals surface area contributed by atoms with Crippen molar-refractivity contribution in [1.29, 1.82) is 5.41 Å². The van der Waals surface area contributed by atoms with Gasteiger partial charge in [-0.3, -0.25) is 10.2 Å². The number of carbonyl (C=O) groups excluding carboxylic acids is 1. The minimum atomic E-state index is -0.386. The van der Waals surface area contributed by atoms with Gasteiger partial charge < -0.3 is 21.1 Å². The number of esters is 1. The lowest BCUT2D eigenvalue weighted by Gasteiger charge is -2.05. The minimum Gasteiger partial charge on any atom is -0.465 e. The van der Waals surface area contributed by atoms with Crippen LogP contribution in [0.1, 0.15) is 6.92 Å². The quantitative estimate of drug-likeness (QED) is 0.263. The van der Waals surface area contributed by atoms with Gasteiger partial charge in [-0.25, -0.2) is 0 Å². The van der Waals surface area contributed by atoms with Crippen LogP contribution in [0.4, 0.5) is 0 Å². The molecule has 0 heterocycles. The summed E-state index contributed by atoms with van der Waals surface area (Å²) in [6, 6.07) is 0. The molecule has 0 radical (unpaired) electrons. The van der Waals surface area contributed by atoms with Crippen molar-refractivity contribution >= 4 is 11.8 Å². The Balaban J connectivity index is 3.84. The van der Waals surface area contributed by atoms with Crippen molar-refractivity contribution in [3.05, 3.63) is 11.8 Å². The molecule has 0 rings (SSSR count). The average Bonchev–Trinajstić information content (AvgIpc) is 2.15. The van der Waals surface area contributed by atoms with E-state index in [9.17, 15) is 4.79 Å². The second kappa shape index (κ2) is 7.81. The summed E-state index contributed by atoms with van der Waals surface area (Å²) in [7, 11) is 1.76. The zero-order valence-corrected chi connectivity index (χ0v) is 9.09. The summed E-state index contributed by atoms with van der Waals surface area (Å²) in [5.41, 5.74) is 6.08. The van der Waals surface area contributed by atoms with Crippen molar-refractivity contribution in [3.8, 4) is 0 Å². The molecule has 0 saturated heterocycles. The first-order valence-electron chi connectivity index (χ1n) is 4.68. The molecule has 6 heteroatoms. The van der Waals surface area contributed by atoms with Crippen LogP contribution in [0.5, 0.6) is 0 Å². The van der Waals surface area contributed by atoms with Crippen LogP contribution in [-0.2, 0) is 9.53 Å². The molecule has 0 amide bonds. The van der Waals surface area contributed by atoms with Gasteiger partial charge in [0.15, 0.2) is 0 Å². The van der Waals surface area contributed by atoms with Crippen LogP contribution in [0, 0.1) is 5.41 Å². The molecule has 0 aromatic carbocycles. The predicted octanol–water partition coefficient (Wildman–Crippen LogP) is -0.822. The van der Waals surface area contributed by atoms with Crippen molar-refractivity contribution < 1.29 is 9.53 Å². The third kappa shape index (κ3) is 7.51. The Kier molecular flexibility index (Phi) is 7.00. The first-order chi connectivity index (χ1) is 7.10. The zero-order chi connectivity index (χ0) is 11.7. The first kappa shape index (κ1) is 13.4. The molecule has 5 N–H and O–H groups in total. The lowest BCUT2D eigenvalue weighted by atomic mass is 10.4. The van der Waals surface area contributed by atoms with Crippen molar-refractivity contribution in [2.75, 3.05) is 26.7 Å². The monoisotopic (exact) mass is 214 g/mol. The molecule has 0 spiro atoms. The molecular weight excluding hydrogens is 196 g/mol. The van der Waals surface area contributed by atoms with Crippen LogP contribution >= 0.6 is 0 Å². The van der Waals surface area contributed by atoms with E-state index in [-0.39, 0.29) is 18.3 Å². The smallest absolute Gasteiger partial charge is 0.325 e. The second-order valence-corrected chi connectivity index (χ2v) is 2.82. The molecular formula is C9H18N4O2. The molecule has 0 aliphatic carbocycles. The van der Waals surface area contributed by atoms with Gasteiger partial charge in [0.2, 0.25) is 0 Å². The van der Waals surface area contributed by atoms with Crippen molar-refractivity contribution in [1.82, 2.24) is 10.6 Å². The van der Waals surface area contributed by atoms with Gasteiger partial charge in [0, 0.05) is 12.2 Å². The van der Waals surface area contributed by atoms with Crippen LogP contribution in [0.3, 0.4) is 0 Å². The molecule has 0 saturated carbocycles. The Morgan fingerprint density at radius 1 is 1.53 bits per heavy atom. The molecule has 0 unspecified atom stereocenters. The number of hydrogen-bond donors (Lipinski definition) is 4. The summed E-state index contributed by atoms with van der Waals surface area (Å²) in [6.07, 6.45) is 1.45. The molecule has 0 aromatic rings. The summed E-state index contributed by atoms with van der Waals surface area (Å²) in [6.45, 7) is 2.55. The fraction of sp³-hybridized carbons (Fsp3) is 0.556. The highest BCUT2D eigenvalue weighted by molar-refractivity contribution is 5.92.